The van der Waals surface area contributed by atoms with Gasteiger partial charge in [0.25, 0.3) is 0 Å². The number of nitrogens with one attached hydrogen (secondary N) is 1. The molecule has 1 aromatic heterocycles. The number of hydrogen-bond acceptors (Lipinski definition) is 3. The van der Waals surface area contributed by atoms with Crippen LogP contribution in [0.2, 0.25) is 0 Å². The molecule has 0 saturated carbocycles. The van der Waals surface area contributed by atoms with Crippen LogP contribution in [0.5, 0.6) is 5.88 Å². The number of aromatic amines is 1. The van der Waals surface area contributed by atoms with Crippen molar-refractivity contribution in [3.63, 3.8) is 0 Å². The Morgan fingerprint density at radius 2 is 2.31 bits per heavy atom. The molecule has 0 aliphatic rings. The fourth-order valence-electron chi connectivity index (χ4n) is 0.795. The van der Waals surface area contributed by atoms with Crippen LogP contribution in [0.3, 0.4) is 0 Å². The summed E-state index contributed by atoms with van der Waals surface area (Å²) in [6, 6.07) is 1.87. The van der Waals surface area contributed by atoms with Crippen LogP contribution in [-0.4, -0.2) is 23.3 Å². The Bertz CT molecular complexity index is 268. The molecule has 0 amide bonds. The molecule has 3 N–H and O–H groups in total. The maximum atomic E-state index is 5.57. The molecule has 0 radical (unpaired) electrons. The normalized spacial score (nSPS) is 11.7. The maximum absolute atomic E-state index is 5.57. The van der Waals surface area contributed by atoms with Gasteiger partial charge in [0.05, 0.1) is 6.61 Å². The van der Waals surface area contributed by atoms with E-state index in [1.807, 2.05) is 13.0 Å². The van der Waals surface area contributed by atoms with Gasteiger partial charge in [-0.25, -0.2) is 0 Å². The molecule has 1 aromatic rings. The predicted octanol–water partition coefficient (Wildman–Crippen LogP) is 1.08. The molecule has 13 heavy (non-hydrogen) atoms. The zero-order chi connectivity index (χ0) is 9.90. The summed E-state index contributed by atoms with van der Waals surface area (Å²) in [4.78, 5) is 0. The Labute approximate surface area is 78.5 Å². The van der Waals surface area contributed by atoms with Gasteiger partial charge in [0.2, 0.25) is 5.88 Å². The first-order chi connectivity index (χ1) is 6.03. The lowest BCUT2D eigenvalue weighted by Crippen LogP contribution is -2.30. The highest BCUT2D eigenvalue weighted by Crippen LogP contribution is 2.15. The largest absolute Gasteiger partial charge is 0.476 e. The van der Waals surface area contributed by atoms with E-state index in [1.54, 1.807) is 0 Å². The third kappa shape index (κ3) is 3.06. The number of rotatable bonds is 4. The second-order valence-corrected chi connectivity index (χ2v) is 4.05. The number of ether oxygens (including phenoxy) is 1. The number of hydrogen-bond donors (Lipinski definition) is 2. The highest BCUT2D eigenvalue weighted by molar-refractivity contribution is 5.12. The van der Waals surface area contributed by atoms with Crippen molar-refractivity contribution in [3.05, 3.63) is 11.8 Å². The monoisotopic (exact) mass is 183 g/mol. The summed E-state index contributed by atoms with van der Waals surface area (Å²) in [5.41, 5.74) is 6.57. The summed E-state index contributed by atoms with van der Waals surface area (Å²) in [5, 5.41) is 6.78. The Morgan fingerprint density at radius 3 is 2.77 bits per heavy atom. The van der Waals surface area contributed by atoms with Crippen molar-refractivity contribution < 1.29 is 4.74 Å². The molecule has 0 aliphatic carbocycles. The molecule has 4 heteroatoms. The average molecular weight is 183 g/mol. The number of aromatic nitrogens is 2. The molecule has 0 fully saturated rings. The highest BCUT2D eigenvalue weighted by Gasteiger charge is 2.16. The van der Waals surface area contributed by atoms with E-state index in [0.29, 0.717) is 19.0 Å². The predicted molar refractivity (Wildman–Crippen MR) is 51.7 cm³/mol. The van der Waals surface area contributed by atoms with Gasteiger partial charge in [-0.3, -0.25) is 5.10 Å². The van der Waals surface area contributed by atoms with E-state index >= 15 is 0 Å². The molecule has 0 unspecified atom stereocenters. The summed E-state index contributed by atoms with van der Waals surface area (Å²) in [7, 11) is 0. The van der Waals surface area contributed by atoms with Crippen LogP contribution in [0.15, 0.2) is 6.07 Å². The van der Waals surface area contributed by atoms with Crippen LogP contribution in [0, 0.1) is 12.3 Å². The zero-order valence-corrected chi connectivity index (χ0v) is 8.42. The molecule has 74 valence electrons. The van der Waals surface area contributed by atoms with Crippen molar-refractivity contribution >= 4 is 0 Å². The van der Waals surface area contributed by atoms with Crippen LogP contribution >= 0.6 is 0 Å². The second kappa shape index (κ2) is 3.79. The van der Waals surface area contributed by atoms with E-state index in [-0.39, 0.29) is 5.41 Å². The van der Waals surface area contributed by atoms with Gasteiger partial charge < -0.3 is 10.5 Å². The van der Waals surface area contributed by atoms with Gasteiger partial charge in [-0.1, -0.05) is 13.8 Å². The minimum atomic E-state index is 0.00680. The van der Waals surface area contributed by atoms with Crippen LogP contribution < -0.4 is 10.5 Å². The quantitative estimate of drug-likeness (QED) is 0.734. The number of nitrogens with zero attached hydrogens (tertiary/aromatic N) is 1. The summed E-state index contributed by atoms with van der Waals surface area (Å²) in [6.07, 6.45) is 0. The van der Waals surface area contributed by atoms with E-state index in [9.17, 15) is 0 Å². The highest BCUT2D eigenvalue weighted by atomic mass is 16.5. The van der Waals surface area contributed by atoms with E-state index in [2.05, 4.69) is 24.0 Å². The molecule has 0 spiro atoms. The first-order valence-corrected chi connectivity index (χ1v) is 4.38. The van der Waals surface area contributed by atoms with Crippen molar-refractivity contribution in [3.8, 4) is 5.88 Å². The van der Waals surface area contributed by atoms with Gasteiger partial charge in [-0.2, -0.15) is 0 Å². The average Bonchev–Trinajstić information content (AvgIpc) is 2.48. The molecule has 0 aromatic carbocycles. The first-order valence-electron chi connectivity index (χ1n) is 4.38. The summed E-state index contributed by atoms with van der Waals surface area (Å²) < 4.78 is 5.46. The molecule has 0 aliphatic heterocycles. The third-order valence-corrected chi connectivity index (χ3v) is 1.85. The van der Waals surface area contributed by atoms with Crippen LogP contribution in [0.25, 0.3) is 0 Å². The van der Waals surface area contributed by atoms with E-state index in [0.717, 1.165) is 5.69 Å². The molecular weight excluding hydrogens is 166 g/mol. The molecule has 0 saturated heterocycles. The van der Waals surface area contributed by atoms with Gasteiger partial charge in [0, 0.05) is 23.7 Å². The Balaban J connectivity index is 2.43. The van der Waals surface area contributed by atoms with Crippen molar-refractivity contribution in [2.75, 3.05) is 13.2 Å². The van der Waals surface area contributed by atoms with E-state index in [1.165, 1.54) is 0 Å². The second-order valence-electron chi connectivity index (χ2n) is 4.05. The Kier molecular flexibility index (Phi) is 2.93. The van der Waals surface area contributed by atoms with E-state index < -0.39 is 0 Å². The number of H-pyrrole nitrogens is 1. The maximum Gasteiger partial charge on any atom is 0.232 e. The van der Waals surface area contributed by atoms with Gasteiger partial charge in [0.1, 0.15) is 0 Å². The zero-order valence-electron chi connectivity index (χ0n) is 8.42. The number of nitrogens with two attached hydrogens (primary N) is 1. The third-order valence-electron chi connectivity index (χ3n) is 1.85. The molecule has 4 nitrogen and oxygen atoms in total. The fourth-order valence-corrected chi connectivity index (χ4v) is 0.795. The van der Waals surface area contributed by atoms with Gasteiger partial charge in [-0.05, 0) is 6.92 Å². The smallest absolute Gasteiger partial charge is 0.232 e. The van der Waals surface area contributed by atoms with Crippen molar-refractivity contribution in [1.29, 1.82) is 0 Å². The van der Waals surface area contributed by atoms with Crippen LogP contribution in [0.4, 0.5) is 0 Å². The standard InChI is InChI=1S/C9H17N3O/c1-7-4-8(12-11-7)13-6-9(2,3)5-10/h4H,5-6,10H2,1-3H3,(H,11,12). The molecular formula is C9H17N3O. The van der Waals surface area contributed by atoms with Gasteiger partial charge >= 0.3 is 0 Å². The molecule has 1 rings (SSSR count). The van der Waals surface area contributed by atoms with E-state index in [4.69, 9.17) is 10.5 Å². The minimum Gasteiger partial charge on any atom is -0.476 e. The van der Waals surface area contributed by atoms with Gasteiger partial charge in [0.15, 0.2) is 0 Å². The molecule has 0 bridgehead atoms. The van der Waals surface area contributed by atoms with Crippen LogP contribution in [-0.2, 0) is 0 Å². The topological polar surface area (TPSA) is 63.9 Å². The van der Waals surface area contributed by atoms with Crippen molar-refractivity contribution in [2.24, 2.45) is 11.1 Å². The van der Waals surface area contributed by atoms with Gasteiger partial charge in [-0.15, -0.1) is 5.10 Å². The lowest BCUT2D eigenvalue weighted by Gasteiger charge is -2.21. The SMILES string of the molecule is Cc1cc(OCC(C)(C)CN)n[nH]1. The minimum absolute atomic E-state index is 0.00680. The van der Waals surface area contributed by atoms with Crippen molar-refractivity contribution in [2.45, 2.75) is 20.8 Å². The summed E-state index contributed by atoms with van der Waals surface area (Å²) >= 11 is 0. The first kappa shape index (κ1) is 10.1. The molecule has 0 atom stereocenters. The lowest BCUT2D eigenvalue weighted by atomic mass is 9.95. The summed E-state index contributed by atoms with van der Waals surface area (Å²) in [5.74, 6) is 0.638. The van der Waals surface area contributed by atoms with Crippen LogP contribution in [0.1, 0.15) is 19.5 Å². The molecule has 1 heterocycles. The summed E-state index contributed by atoms with van der Waals surface area (Å²) in [6.45, 7) is 7.26. The lowest BCUT2D eigenvalue weighted by molar-refractivity contribution is 0.181. The Hall–Kier alpha value is -1.03. The number of aryl methyl sites for hydroxylation is 1. The Morgan fingerprint density at radius 1 is 1.62 bits per heavy atom. The van der Waals surface area contributed by atoms with Crippen molar-refractivity contribution in [1.82, 2.24) is 10.2 Å². The fraction of sp³-hybridized carbons (Fsp3) is 0.667.